The topological polar surface area (TPSA) is 79.3 Å². The summed E-state index contributed by atoms with van der Waals surface area (Å²) in [7, 11) is 5.48. The lowest BCUT2D eigenvalue weighted by molar-refractivity contribution is -0.139. The molecule has 1 aliphatic rings. The molecule has 0 saturated carbocycles. The minimum atomic E-state index is -0.724. The molecule has 1 N–H and O–H groups in total. The third-order valence-electron chi connectivity index (χ3n) is 5.83. The fourth-order valence-corrected chi connectivity index (χ4v) is 4.07. The summed E-state index contributed by atoms with van der Waals surface area (Å²) in [6.07, 6.45) is 1.55. The molecule has 34 heavy (non-hydrogen) atoms. The molecule has 1 fully saturated rings. The number of methoxy groups -OCH3 is 1. The van der Waals surface area contributed by atoms with E-state index in [0.29, 0.717) is 42.2 Å². The Morgan fingerprint density at radius 1 is 1.09 bits per heavy atom. The summed E-state index contributed by atoms with van der Waals surface area (Å²) in [5.74, 6) is -0.360. The van der Waals surface area contributed by atoms with Crippen LogP contribution in [0.2, 0.25) is 0 Å². The number of likely N-dealkylation sites (tertiary alicyclic amines) is 1. The molecular weight excluding hydrogens is 432 g/mol. The van der Waals surface area contributed by atoms with Gasteiger partial charge in [0.2, 0.25) is 0 Å². The van der Waals surface area contributed by atoms with Crippen LogP contribution in [0.4, 0.5) is 0 Å². The van der Waals surface area contributed by atoms with Gasteiger partial charge >= 0.3 is 0 Å². The number of hydrogen-bond acceptors (Lipinski definition) is 6. The predicted octanol–water partition coefficient (Wildman–Crippen LogP) is 4.17. The van der Waals surface area contributed by atoms with Gasteiger partial charge in [-0.15, -0.1) is 0 Å². The Hall–Kier alpha value is -3.32. The van der Waals surface area contributed by atoms with E-state index in [-0.39, 0.29) is 11.3 Å². The first-order valence-electron chi connectivity index (χ1n) is 11.6. The predicted molar refractivity (Wildman–Crippen MR) is 132 cm³/mol. The highest BCUT2D eigenvalue weighted by molar-refractivity contribution is 6.46. The summed E-state index contributed by atoms with van der Waals surface area (Å²) in [6, 6.07) is 11.9. The summed E-state index contributed by atoms with van der Waals surface area (Å²) in [5.41, 5.74) is 2.29. The molecule has 0 unspecified atom stereocenters. The van der Waals surface area contributed by atoms with Crippen molar-refractivity contribution in [2.45, 2.75) is 32.7 Å². The monoisotopic (exact) mass is 466 g/mol. The van der Waals surface area contributed by atoms with Crippen LogP contribution in [0, 0.1) is 6.92 Å². The number of rotatable bonds is 10. The molecule has 0 aromatic heterocycles. The summed E-state index contributed by atoms with van der Waals surface area (Å²) >= 11 is 0. The normalized spacial score (nSPS) is 17.5. The van der Waals surface area contributed by atoms with Gasteiger partial charge in [0, 0.05) is 12.1 Å². The van der Waals surface area contributed by atoms with E-state index in [2.05, 4.69) is 0 Å². The molecule has 1 atom stereocenters. The quantitative estimate of drug-likeness (QED) is 0.322. The number of amides is 1. The molecule has 182 valence electrons. The third kappa shape index (κ3) is 5.42. The molecule has 1 aliphatic heterocycles. The Morgan fingerprint density at radius 3 is 2.41 bits per heavy atom. The van der Waals surface area contributed by atoms with E-state index in [1.165, 1.54) is 0 Å². The average molecular weight is 467 g/mol. The van der Waals surface area contributed by atoms with Crippen LogP contribution in [0.5, 0.6) is 11.5 Å². The van der Waals surface area contributed by atoms with Crippen molar-refractivity contribution >= 4 is 17.4 Å². The number of Topliss-reactive ketones (excluding diaryl/α,β-unsaturated/α-hetero) is 1. The Morgan fingerprint density at radius 2 is 1.79 bits per heavy atom. The van der Waals surface area contributed by atoms with Crippen LogP contribution in [-0.2, 0) is 9.59 Å². The number of nitrogens with zero attached hydrogens (tertiary/aromatic N) is 2. The minimum absolute atomic E-state index is 0.0861. The van der Waals surface area contributed by atoms with Gasteiger partial charge in [-0.2, -0.15) is 0 Å². The molecule has 7 heteroatoms. The highest BCUT2D eigenvalue weighted by Gasteiger charge is 2.46. The molecule has 0 spiro atoms. The van der Waals surface area contributed by atoms with Crippen molar-refractivity contribution in [1.29, 1.82) is 0 Å². The van der Waals surface area contributed by atoms with Crippen molar-refractivity contribution in [2.24, 2.45) is 0 Å². The van der Waals surface area contributed by atoms with Crippen LogP contribution >= 0.6 is 0 Å². The molecule has 1 heterocycles. The zero-order chi connectivity index (χ0) is 24.8. The van der Waals surface area contributed by atoms with E-state index in [1.54, 1.807) is 36.3 Å². The Labute approximate surface area is 201 Å². The maximum atomic E-state index is 13.2. The maximum Gasteiger partial charge on any atom is 0.295 e. The van der Waals surface area contributed by atoms with Crippen molar-refractivity contribution < 1.29 is 24.2 Å². The number of ether oxygens (including phenoxy) is 2. The van der Waals surface area contributed by atoms with E-state index in [0.717, 1.165) is 18.5 Å². The van der Waals surface area contributed by atoms with Gasteiger partial charge in [0.25, 0.3) is 11.7 Å². The first kappa shape index (κ1) is 25.3. The van der Waals surface area contributed by atoms with E-state index < -0.39 is 17.7 Å². The van der Waals surface area contributed by atoms with Crippen molar-refractivity contribution in [3.8, 4) is 11.5 Å². The van der Waals surface area contributed by atoms with Gasteiger partial charge in [-0.05, 0) is 58.1 Å². The number of aliphatic hydroxyl groups excluding tert-OH is 1. The maximum absolute atomic E-state index is 13.2. The zero-order valence-electron chi connectivity index (χ0n) is 20.6. The second-order valence-corrected chi connectivity index (χ2v) is 8.77. The van der Waals surface area contributed by atoms with Crippen molar-refractivity contribution in [3.05, 3.63) is 64.7 Å². The van der Waals surface area contributed by atoms with Crippen molar-refractivity contribution in [1.82, 2.24) is 9.80 Å². The summed E-state index contributed by atoms with van der Waals surface area (Å²) in [4.78, 5) is 29.8. The molecule has 1 amide bonds. The summed E-state index contributed by atoms with van der Waals surface area (Å²) < 4.78 is 11.3. The summed E-state index contributed by atoms with van der Waals surface area (Å²) in [5, 5.41) is 11.2. The van der Waals surface area contributed by atoms with Gasteiger partial charge in [-0.25, -0.2) is 0 Å². The first-order chi connectivity index (χ1) is 16.3. The number of ketones is 1. The van der Waals surface area contributed by atoms with Crippen LogP contribution in [0.3, 0.4) is 0 Å². The van der Waals surface area contributed by atoms with Crippen LogP contribution in [0.25, 0.3) is 5.76 Å². The SMILES string of the molecule is CCCOc1ccc([C@@H]2C(=C(O)c3ccc(C)cc3)C(=O)C(=O)N2CCCN(C)C)cc1OC. The van der Waals surface area contributed by atoms with Crippen LogP contribution in [0.1, 0.15) is 42.5 Å². The van der Waals surface area contributed by atoms with Gasteiger partial charge in [-0.3, -0.25) is 9.59 Å². The Balaban J connectivity index is 2.10. The lowest BCUT2D eigenvalue weighted by Gasteiger charge is -2.26. The number of hydrogen-bond donors (Lipinski definition) is 1. The lowest BCUT2D eigenvalue weighted by Crippen LogP contribution is -2.32. The number of aliphatic hydroxyl groups is 1. The average Bonchev–Trinajstić information content (AvgIpc) is 3.07. The van der Waals surface area contributed by atoms with Gasteiger partial charge < -0.3 is 24.4 Å². The van der Waals surface area contributed by atoms with Gasteiger partial charge in [0.1, 0.15) is 5.76 Å². The molecule has 3 rings (SSSR count). The smallest absolute Gasteiger partial charge is 0.295 e. The van der Waals surface area contributed by atoms with E-state index >= 15 is 0 Å². The molecule has 0 bridgehead atoms. The Bertz CT molecular complexity index is 1060. The molecule has 7 nitrogen and oxygen atoms in total. The van der Waals surface area contributed by atoms with E-state index in [9.17, 15) is 14.7 Å². The van der Waals surface area contributed by atoms with Crippen LogP contribution in [-0.4, -0.2) is 67.5 Å². The standard InChI is InChI=1S/C27H34N2O5/c1-6-16-34-21-13-12-20(17-22(21)33-5)24-23(25(30)19-10-8-18(2)9-11-19)26(31)27(32)29(24)15-7-14-28(3)4/h8-13,17,24,30H,6-7,14-16H2,1-5H3/t24-/m1/s1. The third-order valence-corrected chi connectivity index (χ3v) is 5.83. The van der Waals surface area contributed by atoms with Crippen molar-refractivity contribution in [3.63, 3.8) is 0 Å². The largest absolute Gasteiger partial charge is 0.507 e. The number of carbonyl (C=O) groups excluding carboxylic acids is 2. The first-order valence-corrected chi connectivity index (χ1v) is 11.6. The van der Waals surface area contributed by atoms with Crippen LogP contribution < -0.4 is 9.47 Å². The molecule has 2 aromatic rings. The van der Waals surface area contributed by atoms with Crippen molar-refractivity contribution in [2.75, 3.05) is 40.9 Å². The van der Waals surface area contributed by atoms with E-state index in [1.807, 2.05) is 51.0 Å². The van der Waals surface area contributed by atoms with Gasteiger partial charge in [0.15, 0.2) is 11.5 Å². The van der Waals surface area contributed by atoms with E-state index in [4.69, 9.17) is 9.47 Å². The molecule has 0 radical (unpaired) electrons. The fourth-order valence-electron chi connectivity index (χ4n) is 4.07. The van der Waals surface area contributed by atoms with Gasteiger partial charge in [0.05, 0.1) is 25.3 Å². The summed E-state index contributed by atoms with van der Waals surface area (Å²) in [6.45, 7) is 5.66. The van der Waals surface area contributed by atoms with Crippen LogP contribution in [0.15, 0.2) is 48.0 Å². The zero-order valence-corrected chi connectivity index (χ0v) is 20.6. The molecule has 2 aromatic carbocycles. The Kier molecular flexibility index (Phi) is 8.34. The van der Waals surface area contributed by atoms with Gasteiger partial charge in [-0.1, -0.05) is 42.8 Å². The minimum Gasteiger partial charge on any atom is -0.507 e. The number of aryl methyl sites for hydroxylation is 1. The number of carbonyl (C=O) groups is 2. The highest BCUT2D eigenvalue weighted by atomic mass is 16.5. The fraction of sp³-hybridized carbons (Fsp3) is 0.407. The highest BCUT2D eigenvalue weighted by Crippen LogP contribution is 2.42. The molecule has 1 saturated heterocycles. The number of benzene rings is 2. The second-order valence-electron chi connectivity index (χ2n) is 8.77. The lowest BCUT2D eigenvalue weighted by atomic mass is 9.94. The molecule has 0 aliphatic carbocycles. The molecular formula is C27H34N2O5. The second kappa shape index (κ2) is 11.2.